The first-order valence-electron chi connectivity index (χ1n) is 8.98. The Morgan fingerprint density at radius 3 is 2.86 bits per heavy atom. The predicted octanol–water partition coefficient (Wildman–Crippen LogP) is 3.62. The second-order valence-corrected chi connectivity index (χ2v) is 9.28. The number of hydrogen-bond donors (Lipinski definition) is 0. The fourth-order valence-electron chi connectivity index (χ4n) is 3.26. The molecule has 0 spiro atoms. The summed E-state index contributed by atoms with van der Waals surface area (Å²) in [5.41, 5.74) is 1.74. The van der Waals surface area contributed by atoms with Gasteiger partial charge in [-0.15, -0.1) is 11.3 Å². The van der Waals surface area contributed by atoms with Gasteiger partial charge in [0.2, 0.25) is 0 Å². The first kappa shape index (κ1) is 20.0. The quantitative estimate of drug-likeness (QED) is 0.526. The molecule has 4 rings (SSSR count). The highest BCUT2D eigenvalue weighted by Gasteiger charge is 2.33. The third-order valence-corrected chi connectivity index (χ3v) is 6.88. The van der Waals surface area contributed by atoms with Crippen LogP contribution in [-0.2, 0) is 9.53 Å². The highest BCUT2D eigenvalue weighted by molar-refractivity contribution is 9.10. The predicted molar refractivity (Wildman–Crippen MR) is 119 cm³/mol. The summed E-state index contributed by atoms with van der Waals surface area (Å²) in [6.45, 7) is 3.82. The van der Waals surface area contributed by atoms with Gasteiger partial charge in [0.05, 0.1) is 22.4 Å². The van der Waals surface area contributed by atoms with Crippen molar-refractivity contribution < 1.29 is 9.53 Å². The Hall–Kier alpha value is -2.29. The van der Waals surface area contributed by atoms with Crippen LogP contribution in [0.25, 0.3) is 6.08 Å². The van der Waals surface area contributed by atoms with Crippen molar-refractivity contribution in [1.82, 2.24) is 4.57 Å². The van der Waals surface area contributed by atoms with Crippen LogP contribution in [0, 0.1) is 0 Å². The third kappa shape index (κ3) is 3.80. The third-order valence-electron chi connectivity index (χ3n) is 4.48. The minimum Gasteiger partial charge on any atom is -0.463 e. The Bertz CT molecular complexity index is 1290. The van der Waals surface area contributed by atoms with Gasteiger partial charge in [0, 0.05) is 9.35 Å². The lowest BCUT2D eigenvalue weighted by Crippen LogP contribution is -2.39. The first-order chi connectivity index (χ1) is 14.0. The second-order valence-electron chi connectivity index (χ2n) is 6.37. The van der Waals surface area contributed by atoms with Crippen molar-refractivity contribution >= 4 is 50.6 Å². The maximum Gasteiger partial charge on any atom is 0.338 e. The number of halogens is 1. The zero-order chi connectivity index (χ0) is 20.5. The number of benzene rings is 1. The molecule has 0 saturated carbocycles. The number of hydrogen-bond acceptors (Lipinski definition) is 6. The largest absolute Gasteiger partial charge is 0.463 e. The number of fused-ring (bicyclic) bond motifs is 1. The van der Waals surface area contributed by atoms with Gasteiger partial charge in [-0.3, -0.25) is 9.36 Å². The van der Waals surface area contributed by atoms with Crippen molar-refractivity contribution in [3.63, 3.8) is 0 Å². The average molecular weight is 489 g/mol. The number of carbonyl (C=O) groups excluding carboxylic acids is 1. The van der Waals surface area contributed by atoms with E-state index in [0.29, 0.717) is 20.6 Å². The molecule has 1 aliphatic heterocycles. The molecule has 3 aromatic rings. The molecule has 0 N–H and O–H groups in total. The molecule has 0 bridgehead atoms. The molecule has 0 fully saturated rings. The molecule has 0 unspecified atom stereocenters. The minimum absolute atomic E-state index is 0.165. The van der Waals surface area contributed by atoms with Crippen LogP contribution in [0.1, 0.15) is 30.3 Å². The number of allylic oxidation sites excluding steroid dienone is 1. The maximum atomic E-state index is 13.3. The van der Waals surface area contributed by atoms with Crippen molar-refractivity contribution in [1.29, 1.82) is 0 Å². The lowest BCUT2D eigenvalue weighted by atomic mass is 10.0. The second kappa shape index (κ2) is 8.22. The van der Waals surface area contributed by atoms with Gasteiger partial charge in [0.25, 0.3) is 5.56 Å². The summed E-state index contributed by atoms with van der Waals surface area (Å²) in [5.74, 6) is -0.437. The van der Waals surface area contributed by atoms with Crippen LogP contribution in [0.5, 0.6) is 0 Å². The first-order valence-corrected chi connectivity index (χ1v) is 11.5. The summed E-state index contributed by atoms with van der Waals surface area (Å²) < 4.78 is 8.40. The topological polar surface area (TPSA) is 60.7 Å². The van der Waals surface area contributed by atoms with Crippen molar-refractivity contribution in [3.05, 3.63) is 87.6 Å². The SMILES string of the molecule is CCOC(=O)C1=C(C)N=c2s/c(=C/c3cccc(Br)c3)c(=O)n2[C@@H]1c1cccs1. The van der Waals surface area contributed by atoms with Crippen LogP contribution in [0.2, 0.25) is 0 Å². The molecule has 8 heteroatoms. The van der Waals surface area contributed by atoms with E-state index in [1.807, 2.05) is 47.9 Å². The summed E-state index contributed by atoms with van der Waals surface area (Å²) in [6, 6.07) is 11.1. The normalized spacial score (nSPS) is 16.5. The molecule has 0 saturated heterocycles. The zero-order valence-electron chi connectivity index (χ0n) is 15.7. The molecule has 29 heavy (non-hydrogen) atoms. The van der Waals surface area contributed by atoms with Gasteiger partial charge in [0.15, 0.2) is 4.80 Å². The van der Waals surface area contributed by atoms with Gasteiger partial charge in [-0.1, -0.05) is 45.5 Å². The Labute approximate surface area is 183 Å². The molecule has 2 aromatic heterocycles. The van der Waals surface area contributed by atoms with Crippen molar-refractivity contribution in [2.75, 3.05) is 6.61 Å². The van der Waals surface area contributed by atoms with Gasteiger partial charge in [0.1, 0.15) is 6.04 Å². The number of ether oxygens (including phenoxy) is 1. The standard InChI is InChI=1S/C21H17BrN2O3S2/c1-3-27-20(26)17-12(2)23-21-24(18(17)15-8-5-9-28-15)19(25)16(29-21)11-13-6-4-7-14(22)10-13/h4-11,18H,3H2,1-2H3/b16-11+/t18-/m1/s1. The fourth-order valence-corrected chi connectivity index (χ4v) is 5.54. The molecular weight excluding hydrogens is 472 g/mol. The van der Waals surface area contributed by atoms with Gasteiger partial charge in [-0.2, -0.15) is 0 Å². The maximum absolute atomic E-state index is 13.3. The fraction of sp³-hybridized carbons (Fsp3) is 0.190. The number of nitrogens with zero attached hydrogens (tertiary/aromatic N) is 2. The van der Waals surface area contributed by atoms with Gasteiger partial charge < -0.3 is 4.74 Å². The van der Waals surface area contributed by atoms with Crippen molar-refractivity contribution in [3.8, 4) is 0 Å². The van der Waals surface area contributed by atoms with E-state index in [2.05, 4.69) is 20.9 Å². The van der Waals surface area contributed by atoms with Crippen LogP contribution in [-0.4, -0.2) is 17.1 Å². The number of aromatic nitrogens is 1. The highest BCUT2D eigenvalue weighted by Crippen LogP contribution is 2.33. The lowest BCUT2D eigenvalue weighted by molar-refractivity contribution is -0.139. The zero-order valence-corrected chi connectivity index (χ0v) is 18.9. The number of esters is 1. The Kier molecular flexibility index (Phi) is 5.67. The molecule has 1 atom stereocenters. The van der Waals surface area contributed by atoms with Crippen molar-refractivity contribution in [2.45, 2.75) is 19.9 Å². The minimum atomic E-state index is -0.532. The van der Waals surface area contributed by atoms with Crippen LogP contribution in [0.15, 0.2) is 67.3 Å². The van der Waals surface area contributed by atoms with E-state index in [-0.39, 0.29) is 12.2 Å². The number of thiophene rings is 1. The van der Waals surface area contributed by atoms with Crippen molar-refractivity contribution in [2.24, 2.45) is 4.99 Å². The molecule has 0 radical (unpaired) electrons. The summed E-state index contributed by atoms with van der Waals surface area (Å²) in [5, 5.41) is 1.94. The van der Waals surface area contributed by atoms with E-state index in [9.17, 15) is 9.59 Å². The Morgan fingerprint density at radius 2 is 2.17 bits per heavy atom. The van der Waals surface area contributed by atoms with Gasteiger partial charge in [-0.25, -0.2) is 9.79 Å². The monoisotopic (exact) mass is 488 g/mol. The van der Waals surface area contributed by atoms with Gasteiger partial charge >= 0.3 is 5.97 Å². The van der Waals surface area contributed by atoms with Gasteiger partial charge in [-0.05, 0) is 49.1 Å². The number of rotatable bonds is 4. The summed E-state index contributed by atoms with van der Waals surface area (Å²) in [6.07, 6.45) is 1.85. The summed E-state index contributed by atoms with van der Waals surface area (Å²) >= 11 is 6.29. The smallest absolute Gasteiger partial charge is 0.338 e. The van der Waals surface area contributed by atoms with E-state index >= 15 is 0 Å². The molecule has 0 amide bonds. The van der Waals surface area contributed by atoms with Crippen LogP contribution in [0.3, 0.4) is 0 Å². The molecule has 1 aliphatic rings. The Morgan fingerprint density at radius 1 is 1.34 bits per heavy atom. The molecule has 0 aliphatic carbocycles. The van der Waals surface area contributed by atoms with Crippen LogP contribution >= 0.6 is 38.6 Å². The average Bonchev–Trinajstić information content (AvgIpc) is 3.30. The van der Waals surface area contributed by atoms with E-state index in [1.54, 1.807) is 18.4 Å². The number of carbonyl (C=O) groups is 1. The van der Waals surface area contributed by atoms with E-state index in [4.69, 9.17) is 4.74 Å². The Balaban J connectivity index is 1.94. The van der Waals surface area contributed by atoms with Crippen LogP contribution < -0.4 is 14.9 Å². The molecule has 148 valence electrons. The van der Waals surface area contributed by atoms with E-state index in [1.165, 1.54) is 22.7 Å². The number of thiazole rings is 1. The van der Waals surface area contributed by atoms with E-state index in [0.717, 1.165) is 14.9 Å². The molecule has 5 nitrogen and oxygen atoms in total. The van der Waals surface area contributed by atoms with Crippen LogP contribution in [0.4, 0.5) is 0 Å². The molecule has 1 aromatic carbocycles. The molecular formula is C21H17BrN2O3S2. The molecule has 3 heterocycles. The highest BCUT2D eigenvalue weighted by atomic mass is 79.9. The summed E-state index contributed by atoms with van der Waals surface area (Å²) in [7, 11) is 0. The summed E-state index contributed by atoms with van der Waals surface area (Å²) in [4.78, 5) is 32.1. The lowest BCUT2D eigenvalue weighted by Gasteiger charge is -2.23. The van der Waals surface area contributed by atoms with E-state index < -0.39 is 12.0 Å².